The van der Waals surface area contributed by atoms with Crippen LogP contribution in [0.15, 0.2) is 35.5 Å². The fourth-order valence-corrected chi connectivity index (χ4v) is 2.89. The molecule has 0 aliphatic heterocycles. The number of hydrogen-bond acceptors (Lipinski definition) is 6. The fourth-order valence-electron chi connectivity index (χ4n) is 2.89. The molecule has 2 heterocycles. The number of anilines is 1. The predicted octanol–water partition coefficient (Wildman–Crippen LogP) is 1.93. The molecule has 8 nitrogen and oxygen atoms in total. The number of imidazole rings is 1. The number of benzene rings is 1. The third-order valence-corrected chi connectivity index (χ3v) is 4.49. The lowest BCUT2D eigenvalue weighted by Gasteiger charge is -2.11. The van der Waals surface area contributed by atoms with Gasteiger partial charge in [0.1, 0.15) is 17.4 Å². The average Bonchev–Trinajstić information content (AvgIpc) is 3.45. The molecule has 1 saturated carbocycles. The van der Waals surface area contributed by atoms with Crippen LogP contribution in [0, 0.1) is 0 Å². The van der Waals surface area contributed by atoms with Gasteiger partial charge >= 0.3 is 0 Å². The molecular weight excluding hydrogens is 342 g/mol. The first-order valence-corrected chi connectivity index (χ1v) is 9.20. The zero-order valence-electron chi connectivity index (χ0n) is 15.0. The van der Waals surface area contributed by atoms with E-state index in [-0.39, 0.29) is 6.61 Å². The highest BCUT2D eigenvalue weighted by atomic mass is 16.3. The lowest BCUT2D eigenvalue weighted by atomic mass is 10.2. The molecule has 0 bridgehead atoms. The zero-order valence-corrected chi connectivity index (χ0v) is 15.0. The smallest absolute Gasteiger partial charge is 0.156 e. The van der Waals surface area contributed by atoms with Crippen molar-refractivity contribution in [3.05, 3.63) is 47.7 Å². The first-order valence-electron chi connectivity index (χ1n) is 9.20. The van der Waals surface area contributed by atoms with Crippen LogP contribution in [0.1, 0.15) is 42.4 Å². The van der Waals surface area contributed by atoms with Crippen molar-refractivity contribution in [3.63, 3.8) is 0 Å². The van der Waals surface area contributed by atoms with Gasteiger partial charge in [0.2, 0.25) is 0 Å². The van der Waals surface area contributed by atoms with Crippen LogP contribution in [0.5, 0.6) is 0 Å². The van der Waals surface area contributed by atoms with E-state index in [0.29, 0.717) is 42.8 Å². The van der Waals surface area contributed by atoms with Crippen molar-refractivity contribution < 1.29 is 5.11 Å². The molecule has 1 fully saturated rings. The summed E-state index contributed by atoms with van der Waals surface area (Å²) in [5.74, 6) is 2.19. The molecular formula is C19H23N7O. The van der Waals surface area contributed by atoms with Gasteiger partial charge in [-0.25, -0.2) is 15.0 Å². The quantitative estimate of drug-likeness (QED) is 0.275. The summed E-state index contributed by atoms with van der Waals surface area (Å²) in [7, 11) is 0. The van der Waals surface area contributed by atoms with Crippen molar-refractivity contribution >= 4 is 22.7 Å². The van der Waals surface area contributed by atoms with Gasteiger partial charge in [0.15, 0.2) is 5.82 Å². The number of aliphatic hydroxyl groups excluding tert-OH is 1. The number of rotatable bonds is 8. The van der Waals surface area contributed by atoms with Crippen molar-refractivity contribution in [2.24, 2.45) is 10.7 Å². The monoisotopic (exact) mass is 365 g/mol. The summed E-state index contributed by atoms with van der Waals surface area (Å²) in [5.41, 5.74) is 9.60. The molecule has 0 saturated heterocycles. The Morgan fingerprint density at radius 1 is 1.30 bits per heavy atom. The van der Waals surface area contributed by atoms with Crippen LogP contribution in [-0.2, 0) is 6.54 Å². The summed E-state index contributed by atoms with van der Waals surface area (Å²) < 4.78 is 0. The highest BCUT2D eigenvalue weighted by Crippen LogP contribution is 2.39. The second-order valence-electron chi connectivity index (χ2n) is 6.67. The Morgan fingerprint density at radius 3 is 2.93 bits per heavy atom. The third-order valence-electron chi connectivity index (χ3n) is 4.49. The number of nitrogens with zero attached hydrogens (tertiary/aromatic N) is 4. The van der Waals surface area contributed by atoms with Crippen LogP contribution < -0.4 is 11.1 Å². The minimum Gasteiger partial charge on any atom is -0.396 e. The van der Waals surface area contributed by atoms with Crippen LogP contribution >= 0.6 is 0 Å². The maximum atomic E-state index is 9.01. The summed E-state index contributed by atoms with van der Waals surface area (Å²) in [4.78, 5) is 21.4. The molecule has 8 heteroatoms. The van der Waals surface area contributed by atoms with E-state index in [0.717, 1.165) is 35.4 Å². The third kappa shape index (κ3) is 4.06. The van der Waals surface area contributed by atoms with E-state index in [9.17, 15) is 0 Å². The number of amidine groups is 1. The van der Waals surface area contributed by atoms with Crippen molar-refractivity contribution in [2.75, 3.05) is 18.5 Å². The molecule has 3 aromatic rings. The van der Waals surface area contributed by atoms with E-state index in [4.69, 9.17) is 10.8 Å². The van der Waals surface area contributed by atoms with Gasteiger partial charge in [-0.15, -0.1) is 0 Å². The van der Waals surface area contributed by atoms with E-state index in [2.05, 4.69) is 30.2 Å². The number of aliphatic imine (C=N–C) groups is 1. The number of nitrogens with two attached hydrogens (primary N) is 1. The minimum atomic E-state index is 0.119. The molecule has 5 N–H and O–H groups in total. The van der Waals surface area contributed by atoms with Crippen LogP contribution in [0.2, 0.25) is 0 Å². The Bertz CT molecular complexity index is 929. The molecule has 1 aliphatic rings. The Balaban J connectivity index is 1.55. The Morgan fingerprint density at radius 2 is 2.15 bits per heavy atom. The number of nitrogens with one attached hydrogen (secondary N) is 2. The number of para-hydroxylation sites is 2. The van der Waals surface area contributed by atoms with Gasteiger partial charge in [-0.05, 0) is 31.4 Å². The molecule has 27 heavy (non-hydrogen) atoms. The molecule has 0 radical (unpaired) electrons. The van der Waals surface area contributed by atoms with Crippen molar-refractivity contribution in [1.29, 1.82) is 0 Å². The molecule has 0 atom stereocenters. The van der Waals surface area contributed by atoms with Gasteiger partial charge < -0.3 is 21.1 Å². The lowest BCUT2D eigenvalue weighted by Crippen LogP contribution is -2.20. The zero-order chi connectivity index (χ0) is 18.6. The predicted molar refractivity (Wildman–Crippen MR) is 105 cm³/mol. The number of fused-ring (bicyclic) bond motifs is 1. The molecule has 0 amide bonds. The first-order chi connectivity index (χ1) is 13.2. The van der Waals surface area contributed by atoms with Gasteiger partial charge in [0.25, 0.3) is 0 Å². The Labute approximate surface area is 157 Å². The van der Waals surface area contributed by atoms with Crippen LogP contribution in [0.3, 0.4) is 0 Å². The number of hydrogen-bond donors (Lipinski definition) is 4. The van der Waals surface area contributed by atoms with Crippen molar-refractivity contribution in [2.45, 2.75) is 31.7 Å². The Hall–Kier alpha value is -3.00. The van der Waals surface area contributed by atoms with Crippen molar-refractivity contribution in [3.8, 4) is 0 Å². The minimum absolute atomic E-state index is 0.119. The highest BCUT2D eigenvalue weighted by molar-refractivity contribution is 5.99. The van der Waals surface area contributed by atoms with Crippen molar-refractivity contribution in [1.82, 2.24) is 19.9 Å². The van der Waals surface area contributed by atoms with E-state index in [1.165, 1.54) is 0 Å². The van der Waals surface area contributed by atoms with Gasteiger partial charge in [-0.2, -0.15) is 0 Å². The average molecular weight is 365 g/mol. The summed E-state index contributed by atoms with van der Waals surface area (Å²) in [5, 5.41) is 12.2. The lowest BCUT2D eigenvalue weighted by molar-refractivity contribution is 0.292. The summed E-state index contributed by atoms with van der Waals surface area (Å²) in [6.45, 7) is 1.06. The van der Waals surface area contributed by atoms with E-state index in [1.54, 1.807) is 6.20 Å². The number of aromatic amines is 1. The molecule has 140 valence electrons. The molecule has 1 aliphatic carbocycles. The number of aliphatic hydroxyl groups is 1. The van der Waals surface area contributed by atoms with Crippen LogP contribution in [0.25, 0.3) is 11.0 Å². The fraction of sp³-hybridized carbons (Fsp3) is 0.368. The van der Waals surface area contributed by atoms with Gasteiger partial charge in [-0.1, -0.05) is 12.1 Å². The maximum absolute atomic E-state index is 9.01. The van der Waals surface area contributed by atoms with Crippen LogP contribution in [-0.4, -0.2) is 44.0 Å². The topological polar surface area (TPSA) is 125 Å². The summed E-state index contributed by atoms with van der Waals surface area (Å²) >= 11 is 0. The summed E-state index contributed by atoms with van der Waals surface area (Å²) in [6, 6.07) is 7.84. The standard InChI is InChI=1S/C19H23N7O/c20-18(23-11-16-24-13-4-1-2-5-14(13)25-16)17-19(21-8-3-9-27)26-15(10-22-17)12-6-7-12/h1-2,4-5,10,12,27H,3,6-9,11H2,(H2,20,23)(H,21,26)(H,24,25). The first kappa shape index (κ1) is 17.4. The highest BCUT2D eigenvalue weighted by Gasteiger charge is 2.26. The van der Waals surface area contributed by atoms with Crippen LogP contribution in [0.4, 0.5) is 5.82 Å². The van der Waals surface area contributed by atoms with Gasteiger partial charge in [-0.3, -0.25) is 4.99 Å². The van der Waals surface area contributed by atoms with E-state index < -0.39 is 0 Å². The second kappa shape index (κ2) is 7.71. The molecule has 0 spiro atoms. The Kier molecular flexibility index (Phi) is 4.97. The second-order valence-corrected chi connectivity index (χ2v) is 6.67. The van der Waals surface area contributed by atoms with E-state index >= 15 is 0 Å². The van der Waals surface area contributed by atoms with Gasteiger partial charge in [0.05, 0.1) is 23.3 Å². The normalized spacial score (nSPS) is 14.6. The molecule has 4 rings (SSSR count). The molecule has 1 aromatic carbocycles. The molecule has 2 aromatic heterocycles. The number of aromatic nitrogens is 4. The number of H-pyrrole nitrogens is 1. The molecule has 0 unspecified atom stereocenters. The van der Waals surface area contributed by atoms with E-state index in [1.807, 2.05) is 24.3 Å². The van der Waals surface area contributed by atoms with Gasteiger partial charge in [0, 0.05) is 25.3 Å². The summed E-state index contributed by atoms with van der Waals surface area (Å²) in [6.07, 6.45) is 4.72. The SMILES string of the molecule is NC(=NCc1nc2ccccc2[nH]1)c1ncc(C2CC2)nc1NCCCO. The largest absolute Gasteiger partial charge is 0.396 e. The maximum Gasteiger partial charge on any atom is 0.156 e.